The lowest BCUT2D eigenvalue weighted by Crippen LogP contribution is -2.44. The second-order valence-electron chi connectivity index (χ2n) is 7.87. The highest BCUT2D eigenvalue weighted by Crippen LogP contribution is 2.21. The molecule has 4 nitrogen and oxygen atoms in total. The van der Waals surface area contributed by atoms with Crippen molar-refractivity contribution in [3.63, 3.8) is 0 Å². The van der Waals surface area contributed by atoms with Crippen molar-refractivity contribution in [2.45, 2.75) is 39.0 Å². The Bertz CT molecular complexity index is 761. The van der Waals surface area contributed by atoms with Crippen molar-refractivity contribution in [1.29, 1.82) is 0 Å². The SMILES string of the molecule is CC(CCc1ccccc1)CC(=O)N1CCCC(C(=O)Nc2ccccc2)C1. The number of aryl methyl sites for hydroxylation is 1. The first-order chi connectivity index (χ1) is 13.6. The fraction of sp³-hybridized carbons (Fsp3) is 0.417. The van der Waals surface area contributed by atoms with E-state index >= 15 is 0 Å². The van der Waals surface area contributed by atoms with Crippen molar-refractivity contribution in [1.82, 2.24) is 4.90 Å². The molecule has 2 unspecified atom stereocenters. The topological polar surface area (TPSA) is 49.4 Å². The minimum absolute atomic E-state index is 0.0147. The van der Waals surface area contributed by atoms with Gasteiger partial charge in [-0.2, -0.15) is 0 Å². The monoisotopic (exact) mass is 378 g/mol. The number of nitrogens with zero attached hydrogens (tertiary/aromatic N) is 1. The van der Waals surface area contributed by atoms with E-state index in [1.54, 1.807) is 0 Å². The second-order valence-corrected chi connectivity index (χ2v) is 7.87. The molecule has 1 aliphatic rings. The van der Waals surface area contributed by atoms with Gasteiger partial charge >= 0.3 is 0 Å². The van der Waals surface area contributed by atoms with E-state index in [4.69, 9.17) is 0 Å². The van der Waals surface area contributed by atoms with Crippen LogP contribution in [0.4, 0.5) is 5.69 Å². The number of amides is 2. The first-order valence-electron chi connectivity index (χ1n) is 10.3. The molecule has 1 heterocycles. The van der Waals surface area contributed by atoms with E-state index in [-0.39, 0.29) is 17.7 Å². The molecular formula is C24H30N2O2. The maximum Gasteiger partial charge on any atom is 0.229 e. The molecule has 2 aromatic carbocycles. The number of hydrogen-bond donors (Lipinski definition) is 1. The lowest BCUT2D eigenvalue weighted by Gasteiger charge is -2.32. The van der Waals surface area contributed by atoms with Gasteiger partial charge in [0.15, 0.2) is 0 Å². The van der Waals surface area contributed by atoms with Crippen LogP contribution in [0.15, 0.2) is 60.7 Å². The molecule has 0 aliphatic carbocycles. The number of carbonyl (C=O) groups excluding carboxylic acids is 2. The first kappa shape index (κ1) is 20.1. The zero-order valence-electron chi connectivity index (χ0n) is 16.6. The molecule has 4 heteroatoms. The molecule has 0 bridgehead atoms. The lowest BCUT2D eigenvalue weighted by atomic mass is 9.94. The zero-order chi connectivity index (χ0) is 19.8. The van der Waals surface area contributed by atoms with Crippen molar-refractivity contribution in [3.05, 3.63) is 66.2 Å². The van der Waals surface area contributed by atoms with E-state index in [0.717, 1.165) is 37.9 Å². The molecule has 0 radical (unpaired) electrons. The maximum absolute atomic E-state index is 12.7. The fourth-order valence-electron chi connectivity index (χ4n) is 3.77. The molecule has 0 saturated carbocycles. The second kappa shape index (κ2) is 10.1. The van der Waals surface area contributed by atoms with Gasteiger partial charge in [0.25, 0.3) is 0 Å². The van der Waals surface area contributed by atoms with Crippen molar-refractivity contribution < 1.29 is 9.59 Å². The summed E-state index contributed by atoms with van der Waals surface area (Å²) in [7, 11) is 0. The van der Waals surface area contributed by atoms with Gasteiger partial charge in [0.05, 0.1) is 5.92 Å². The fourth-order valence-corrected chi connectivity index (χ4v) is 3.77. The number of nitrogens with one attached hydrogen (secondary N) is 1. The number of piperidine rings is 1. The van der Waals surface area contributed by atoms with E-state index in [0.29, 0.717) is 18.9 Å². The molecule has 2 amide bonds. The van der Waals surface area contributed by atoms with Gasteiger partial charge in [-0.15, -0.1) is 0 Å². The smallest absolute Gasteiger partial charge is 0.229 e. The van der Waals surface area contributed by atoms with Gasteiger partial charge in [0.1, 0.15) is 0 Å². The summed E-state index contributed by atoms with van der Waals surface area (Å²) in [5.74, 6) is 0.405. The van der Waals surface area contributed by atoms with Crippen molar-refractivity contribution in [2.75, 3.05) is 18.4 Å². The molecule has 1 aliphatic heterocycles. The van der Waals surface area contributed by atoms with Crippen LogP contribution in [0.25, 0.3) is 0 Å². The van der Waals surface area contributed by atoms with Gasteiger partial charge in [-0.3, -0.25) is 9.59 Å². The van der Waals surface area contributed by atoms with E-state index in [1.807, 2.05) is 41.3 Å². The molecule has 0 aromatic heterocycles. The predicted octanol–water partition coefficient (Wildman–Crippen LogP) is 4.52. The van der Waals surface area contributed by atoms with Crippen LogP contribution in [0, 0.1) is 11.8 Å². The Morgan fingerprint density at radius 1 is 1.07 bits per heavy atom. The Morgan fingerprint density at radius 3 is 2.46 bits per heavy atom. The van der Waals surface area contributed by atoms with Crippen LogP contribution >= 0.6 is 0 Å². The van der Waals surface area contributed by atoms with E-state index in [2.05, 4.69) is 36.5 Å². The molecule has 1 N–H and O–H groups in total. The van der Waals surface area contributed by atoms with Gasteiger partial charge in [-0.05, 0) is 49.3 Å². The highest BCUT2D eigenvalue weighted by Gasteiger charge is 2.28. The van der Waals surface area contributed by atoms with Crippen LogP contribution < -0.4 is 5.32 Å². The highest BCUT2D eigenvalue weighted by atomic mass is 16.2. The minimum atomic E-state index is -0.127. The van der Waals surface area contributed by atoms with Crippen LogP contribution in [-0.4, -0.2) is 29.8 Å². The maximum atomic E-state index is 12.7. The predicted molar refractivity (Wildman–Crippen MR) is 113 cm³/mol. The van der Waals surface area contributed by atoms with Crippen LogP contribution in [0.3, 0.4) is 0 Å². The van der Waals surface area contributed by atoms with E-state index in [1.165, 1.54) is 5.56 Å². The third kappa shape index (κ3) is 5.95. The number of para-hydroxylation sites is 1. The molecule has 2 atom stereocenters. The number of carbonyl (C=O) groups is 2. The normalized spacial score (nSPS) is 17.8. The number of likely N-dealkylation sites (tertiary alicyclic amines) is 1. The average molecular weight is 379 g/mol. The van der Waals surface area contributed by atoms with E-state index < -0.39 is 0 Å². The summed E-state index contributed by atoms with van der Waals surface area (Å²) < 4.78 is 0. The minimum Gasteiger partial charge on any atom is -0.342 e. The van der Waals surface area contributed by atoms with Crippen molar-refractivity contribution in [3.8, 4) is 0 Å². The Labute approximate surface area is 167 Å². The molecule has 148 valence electrons. The summed E-state index contributed by atoms with van der Waals surface area (Å²) in [5.41, 5.74) is 2.13. The third-order valence-corrected chi connectivity index (χ3v) is 5.48. The molecular weight excluding hydrogens is 348 g/mol. The number of benzene rings is 2. The summed E-state index contributed by atoms with van der Waals surface area (Å²) in [6.07, 6.45) is 4.28. The molecule has 1 saturated heterocycles. The Kier molecular flexibility index (Phi) is 7.24. The van der Waals surface area contributed by atoms with Gasteiger partial charge in [-0.25, -0.2) is 0 Å². The Morgan fingerprint density at radius 2 is 1.75 bits per heavy atom. The van der Waals surface area contributed by atoms with Crippen LogP contribution in [0.1, 0.15) is 38.2 Å². The molecule has 3 rings (SSSR count). The van der Waals surface area contributed by atoms with Crippen molar-refractivity contribution in [2.24, 2.45) is 11.8 Å². The van der Waals surface area contributed by atoms with Gasteiger partial charge in [-0.1, -0.05) is 55.5 Å². The number of hydrogen-bond acceptors (Lipinski definition) is 2. The highest BCUT2D eigenvalue weighted by molar-refractivity contribution is 5.93. The largest absolute Gasteiger partial charge is 0.342 e. The van der Waals surface area contributed by atoms with Gasteiger partial charge in [0, 0.05) is 25.2 Å². The van der Waals surface area contributed by atoms with E-state index in [9.17, 15) is 9.59 Å². The first-order valence-corrected chi connectivity index (χ1v) is 10.3. The zero-order valence-corrected chi connectivity index (χ0v) is 16.6. The quantitative estimate of drug-likeness (QED) is 0.770. The summed E-state index contributed by atoms with van der Waals surface area (Å²) in [4.78, 5) is 27.2. The van der Waals surface area contributed by atoms with Crippen LogP contribution in [0.5, 0.6) is 0 Å². The summed E-state index contributed by atoms with van der Waals surface area (Å²) >= 11 is 0. The summed E-state index contributed by atoms with van der Waals surface area (Å²) in [5, 5.41) is 2.97. The van der Waals surface area contributed by atoms with Gasteiger partial charge < -0.3 is 10.2 Å². The van der Waals surface area contributed by atoms with Gasteiger partial charge in [0.2, 0.25) is 11.8 Å². The lowest BCUT2D eigenvalue weighted by molar-refractivity contribution is -0.135. The van der Waals surface area contributed by atoms with Crippen LogP contribution in [0.2, 0.25) is 0 Å². The third-order valence-electron chi connectivity index (χ3n) is 5.48. The van der Waals surface area contributed by atoms with Crippen LogP contribution in [-0.2, 0) is 16.0 Å². The average Bonchev–Trinajstić information content (AvgIpc) is 2.74. The summed E-state index contributed by atoms with van der Waals surface area (Å²) in [6.45, 7) is 3.44. The van der Waals surface area contributed by atoms with Crippen molar-refractivity contribution >= 4 is 17.5 Å². The molecule has 1 fully saturated rings. The number of anilines is 1. The standard InChI is InChI=1S/C24H30N2O2/c1-19(14-15-20-9-4-2-5-10-20)17-23(27)26-16-8-11-21(18-26)24(28)25-22-12-6-3-7-13-22/h2-7,9-10,12-13,19,21H,8,11,14-18H2,1H3,(H,25,28). The summed E-state index contributed by atoms with van der Waals surface area (Å²) in [6, 6.07) is 19.9. The molecule has 28 heavy (non-hydrogen) atoms. The molecule has 2 aromatic rings. The number of rotatable bonds is 7. The molecule has 0 spiro atoms. The Balaban J connectivity index is 1.46. The Hall–Kier alpha value is -2.62.